The Labute approximate surface area is 375 Å². The van der Waals surface area contributed by atoms with Crippen LogP contribution in [0.4, 0.5) is 11.4 Å². The van der Waals surface area contributed by atoms with E-state index in [9.17, 15) is 5.11 Å². The average Bonchev–Trinajstić information content (AvgIpc) is 3.37. The van der Waals surface area contributed by atoms with Crippen LogP contribution in [0.3, 0.4) is 0 Å². The Hall–Kier alpha value is -8.20. The average molecular weight is 820 g/mol. The maximum absolute atomic E-state index is 11.5. The summed E-state index contributed by atoms with van der Waals surface area (Å²) in [6, 6.07) is 81.9. The second-order valence-electron chi connectivity index (χ2n) is 16.6. The number of phenolic OH excluding ortho intramolecular Hbond substituents is 1. The number of allylic oxidation sites excluding steroid dienone is 4. The predicted octanol–water partition coefficient (Wildman–Crippen LogP) is 16.9. The van der Waals surface area contributed by atoms with Crippen molar-refractivity contribution in [2.45, 2.75) is 12.8 Å². The van der Waals surface area contributed by atoms with E-state index in [2.05, 4.69) is 199 Å². The molecule has 10 aromatic carbocycles. The fourth-order valence-electron chi connectivity index (χ4n) is 9.44. The lowest BCUT2D eigenvalue weighted by Crippen LogP contribution is -2.17. The summed E-state index contributed by atoms with van der Waals surface area (Å²) in [6.07, 6.45) is 6.40. The molecule has 11 rings (SSSR count). The van der Waals surface area contributed by atoms with E-state index in [0.29, 0.717) is 0 Å². The lowest BCUT2D eigenvalue weighted by Gasteiger charge is -2.30. The lowest BCUT2D eigenvalue weighted by atomic mass is 9.92. The van der Waals surface area contributed by atoms with E-state index in [-0.39, 0.29) is 5.75 Å². The van der Waals surface area contributed by atoms with Crippen LogP contribution in [-0.4, -0.2) is 5.11 Å². The Morgan fingerprint density at radius 1 is 0.312 bits per heavy atom. The summed E-state index contributed by atoms with van der Waals surface area (Å²) in [4.78, 5) is 2.39. The largest absolute Gasteiger partial charge is 0.507 e. The van der Waals surface area contributed by atoms with Crippen LogP contribution in [0.25, 0.3) is 82.8 Å². The number of benzene rings is 10. The van der Waals surface area contributed by atoms with Gasteiger partial charge in [-0.3, -0.25) is 0 Å². The summed E-state index contributed by atoms with van der Waals surface area (Å²) in [7, 11) is 0. The molecule has 1 aliphatic carbocycles. The first-order valence-corrected chi connectivity index (χ1v) is 22.1. The first-order chi connectivity index (χ1) is 31.6. The summed E-state index contributed by atoms with van der Waals surface area (Å²) >= 11 is 0. The summed E-state index contributed by atoms with van der Waals surface area (Å²) in [5.41, 5.74) is 16.9. The molecule has 1 N–H and O–H groups in total. The molecule has 10 aromatic rings. The van der Waals surface area contributed by atoms with Crippen LogP contribution in [0.2, 0.25) is 0 Å². The van der Waals surface area contributed by atoms with Crippen molar-refractivity contribution in [1.82, 2.24) is 0 Å². The molecule has 0 fully saturated rings. The zero-order valence-corrected chi connectivity index (χ0v) is 35.4. The molecular weight excluding hydrogens is 775 g/mol. The molecule has 0 radical (unpaired) electrons. The Bertz CT molecular complexity index is 3350. The summed E-state index contributed by atoms with van der Waals surface area (Å²) < 4.78 is 0. The number of phenols is 1. The van der Waals surface area contributed by atoms with E-state index in [0.717, 1.165) is 46.5 Å². The fraction of sp³-hybridized carbons (Fsp3) is 0.0323. The minimum absolute atomic E-state index is 0.289. The second kappa shape index (κ2) is 16.9. The maximum Gasteiger partial charge on any atom is 0.131 e. The van der Waals surface area contributed by atoms with E-state index >= 15 is 0 Å². The molecule has 2 nitrogen and oxygen atoms in total. The van der Waals surface area contributed by atoms with Crippen molar-refractivity contribution in [2.24, 2.45) is 0 Å². The molecule has 304 valence electrons. The topological polar surface area (TPSA) is 23.5 Å². The molecule has 0 atom stereocenters. The Balaban J connectivity index is 0.909. The number of nitrogens with zero attached hydrogens (tertiary/aromatic N) is 1. The monoisotopic (exact) mass is 819 g/mol. The number of hydrogen-bond donors (Lipinski definition) is 1. The van der Waals surface area contributed by atoms with Gasteiger partial charge in [0.05, 0.1) is 0 Å². The van der Waals surface area contributed by atoms with Gasteiger partial charge in [-0.05, 0) is 126 Å². The molecule has 0 saturated heterocycles. The first-order valence-electron chi connectivity index (χ1n) is 22.1. The SMILES string of the molecule is Oc1c(-c2ccccc2)cccc1-c1ccc(N(C2=CC=C(c3ccc(-c4cccc(-c5cccc6ccccc56)c4)cc3)CC2)c2ccc(-c3cccc4ccccc34)cc2)cc1. The molecule has 0 aliphatic heterocycles. The quantitative estimate of drug-likeness (QED) is 0.157. The Kier molecular flexibility index (Phi) is 10.2. The number of fused-ring (bicyclic) bond motifs is 2. The smallest absolute Gasteiger partial charge is 0.131 e. The van der Waals surface area contributed by atoms with Gasteiger partial charge in [0.25, 0.3) is 0 Å². The van der Waals surface area contributed by atoms with E-state index in [1.807, 2.05) is 48.5 Å². The van der Waals surface area contributed by atoms with Gasteiger partial charge in [0, 0.05) is 28.2 Å². The zero-order chi connectivity index (χ0) is 42.8. The van der Waals surface area contributed by atoms with Gasteiger partial charge in [-0.2, -0.15) is 0 Å². The van der Waals surface area contributed by atoms with Crippen molar-refractivity contribution < 1.29 is 5.11 Å². The third-order valence-electron chi connectivity index (χ3n) is 12.8. The summed E-state index contributed by atoms with van der Waals surface area (Å²) in [6.45, 7) is 0. The van der Waals surface area contributed by atoms with E-state index in [1.54, 1.807) is 0 Å². The van der Waals surface area contributed by atoms with Crippen LogP contribution in [0.15, 0.2) is 248 Å². The molecule has 0 unspecified atom stereocenters. The maximum atomic E-state index is 11.5. The predicted molar refractivity (Wildman–Crippen MR) is 271 cm³/mol. The second-order valence-corrected chi connectivity index (χ2v) is 16.6. The van der Waals surface area contributed by atoms with Gasteiger partial charge >= 0.3 is 0 Å². The first kappa shape index (κ1) is 38.7. The standard InChI is InChI=1S/C62H45NO/c64-62-60(48-12-2-1-3-13-48)24-11-25-61(62)50-34-40-55(41-35-50)63(54-38-32-49(33-39-54)58-22-9-16-46-14-4-6-20-56(46)58)53-36-30-44(31-37-53)43-26-28-45(29-27-43)51-18-8-19-52(42-51)59-23-10-17-47-15-5-7-21-57(47)59/h1-30,32-36,38-42,64H,31,37H2. The highest BCUT2D eigenvalue weighted by Crippen LogP contribution is 2.42. The minimum Gasteiger partial charge on any atom is -0.507 e. The van der Waals surface area contributed by atoms with Crippen LogP contribution >= 0.6 is 0 Å². The zero-order valence-electron chi connectivity index (χ0n) is 35.4. The van der Waals surface area contributed by atoms with Gasteiger partial charge in [-0.1, -0.05) is 206 Å². The highest BCUT2D eigenvalue weighted by Gasteiger charge is 2.20. The molecule has 64 heavy (non-hydrogen) atoms. The summed E-state index contributed by atoms with van der Waals surface area (Å²) in [5.74, 6) is 0.289. The molecule has 0 spiro atoms. The van der Waals surface area contributed by atoms with Gasteiger partial charge in [0.15, 0.2) is 0 Å². The van der Waals surface area contributed by atoms with Crippen molar-refractivity contribution in [1.29, 1.82) is 0 Å². The van der Waals surface area contributed by atoms with Crippen molar-refractivity contribution in [3.63, 3.8) is 0 Å². The van der Waals surface area contributed by atoms with Crippen LogP contribution in [-0.2, 0) is 0 Å². The third-order valence-corrected chi connectivity index (χ3v) is 12.8. The van der Waals surface area contributed by atoms with Gasteiger partial charge < -0.3 is 10.0 Å². The highest BCUT2D eigenvalue weighted by atomic mass is 16.3. The Morgan fingerprint density at radius 3 is 1.36 bits per heavy atom. The molecule has 0 aromatic heterocycles. The van der Waals surface area contributed by atoms with Gasteiger partial charge in [-0.25, -0.2) is 0 Å². The minimum atomic E-state index is 0.289. The van der Waals surface area contributed by atoms with Gasteiger partial charge in [-0.15, -0.1) is 0 Å². The van der Waals surface area contributed by atoms with Crippen LogP contribution in [0.5, 0.6) is 5.75 Å². The molecule has 1 aliphatic rings. The number of hydrogen-bond acceptors (Lipinski definition) is 2. The lowest BCUT2D eigenvalue weighted by molar-refractivity contribution is 0.479. The van der Waals surface area contributed by atoms with Gasteiger partial charge in [0.1, 0.15) is 5.75 Å². The molecule has 0 saturated carbocycles. The van der Waals surface area contributed by atoms with Crippen LogP contribution < -0.4 is 4.90 Å². The van der Waals surface area contributed by atoms with Crippen molar-refractivity contribution >= 4 is 38.5 Å². The fourth-order valence-corrected chi connectivity index (χ4v) is 9.44. The number of anilines is 2. The molecule has 0 bridgehead atoms. The van der Waals surface area contributed by atoms with Crippen molar-refractivity contribution in [3.8, 4) is 61.4 Å². The number of para-hydroxylation sites is 1. The third kappa shape index (κ3) is 7.46. The van der Waals surface area contributed by atoms with E-state index in [1.165, 1.54) is 71.8 Å². The molecule has 0 heterocycles. The normalized spacial score (nSPS) is 12.5. The van der Waals surface area contributed by atoms with Gasteiger partial charge in [0.2, 0.25) is 0 Å². The van der Waals surface area contributed by atoms with E-state index in [4.69, 9.17) is 0 Å². The van der Waals surface area contributed by atoms with Crippen molar-refractivity contribution in [2.75, 3.05) is 4.90 Å². The summed E-state index contributed by atoms with van der Waals surface area (Å²) in [5, 5.41) is 16.5. The van der Waals surface area contributed by atoms with E-state index < -0.39 is 0 Å². The molecule has 0 amide bonds. The van der Waals surface area contributed by atoms with Crippen LogP contribution in [0.1, 0.15) is 18.4 Å². The van der Waals surface area contributed by atoms with Crippen molar-refractivity contribution in [3.05, 3.63) is 254 Å². The highest BCUT2D eigenvalue weighted by molar-refractivity contribution is 5.98. The molecular formula is C62H45NO. The number of rotatable bonds is 9. The number of aromatic hydroxyl groups is 1. The molecule has 2 heteroatoms. The Morgan fingerprint density at radius 2 is 0.750 bits per heavy atom. The van der Waals surface area contributed by atoms with Crippen LogP contribution in [0, 0.1) is 0 Å².